The van der Waals surface area contributed by atoms with Gasteiger partial charge in [0.1, 0.15) is 0 Å². The van der Waals surface area contributed by atoms with Crippen LogP contribution < -0.4 is 5.32 Å². The molecule has 3 rings (SSSR count). The van der Waals surface area contributed by atoms with Crippen molar-refractivity contribution in [2.75, 3.05) is 6.54 Å². The van der Waals surface area contributed by atoms with E-state index >= 15 is 0 Å². The van der Waals surface area contributed by atoms with Gasteiger partial charge < -0.3 is 10.4 Å². The van der Waals surface area contributed by atoms with Crippen LogP contribution in [0, 0.1) is 13.8 Å². The Bertz CT molecular complexity index is 715. The van der Waals surface area contributed by atoms with Crippen LogP contribution in [-0.4, -0.2) is 17.6 Å². The van der Waals surface area contributed by atoms with Gasteiger partial charge in [0.2, 0.25) is 0 Å². The van der Waals surface area contributed by atoms with Crippen molar-refractivity contribution >= 4 is 5.97 Å². The van der Waals surface area contributed by atoms with E-state index in [-0.39, 0.29) is 0 Å². The van der Waals surface area contributed by atoms with E-state index in [9.17, 15) is 4.79 Å². The van der Waals surface area contributed by atoms with Crippen molar-refractivity contribution in [1.82, 2.24) is 5.32 Å². The molecule has 3 nitrogen and oxygen atoms in total. The van der Waals surface area contributed by atoms with Crippen molar-refractivity contribution in [2.45, 2.75) is 38.6 Å². The zero-order chi connectivity index (χ0) is 16.4. The van der Waals surface area contributed by atoms with E-state index in [1.165, 1.54) is 29.5 Å². The van der Waals surface area contributed by atoms with Gasteiger partial charge >= 0.3 is 5.97 Å². The van der Waals surface area contributed by atoms with Crippen molar-refractivity contribution in [3.63, 3.8) is 0 Å². The Morgan fingerprint density at radius 2 is 1.83 bits per heavy atom. The number of hydrogen-bond acceptors (Lipinski definition) is 2. The van der Waals surface area contributed by atoms with E-state index in [2.05, 4.69) is 37.4 Å². The third-order valence-corrected chi connectivity index (χ3v) is 4.80. The minimum atomic E-state index is -0.878. The first-order valence-corrected chi connectivity index (χ1v) is 8.11. The zero-order valence-corrected chi connectivity index (χ0v) is 13.7. The maximum atomic E-state index is 10.9. The summed E-state index contributed by atoms with van der Waals surface area (Å²) in [5, 5.41) is 12.5. The molecule has 2 aromatic carbocycles. The average molecular weight is 309 g/mol. The third kappa shape index (κ3) is 3.45. The van der Waals surface area contributed by atoms with Gasteiger partial charge in [0.05, 0.1) is 5.56 Å². The largest absolute Gasteiger partial charge is 0.478 e. The van der Waals surface area contributed by atoms with Crippen LogP contribution in [0.25, 0.3) is 0 Å². The number of rotatable bonds is 6. The molecule has 0 spiro atoms. The van der Waals surface area contributed by atoms with Crippen molar-refractivity contribution in [3.05, 3.63) is 70.3 Å². The number of nitrogens with one attached hydrogen (secondary N) is 1. The van der Waals surface area contributed by atoms with E-state index in [1.807, 2.05) is 12.1 Å². The number of carbonyl (C=O) groups is 1. The Kier molecular flexibility index (Phi) is 4.22. The van der Waals surface area contributed by atoms with Crippen LogP contribution >= 0.6 is 0 Å². The van der Waals surface area contributed by atoms with Gasteiger partial charge in [-0.15, -0.1) is 0 Å². The van der Waals surface area contributed by atoms with E-state index in [4.69, 9.17) is 5.11 Å². The van der Waals surface area contributed by atoms with Crippen LogP contribution in [-0.2, 0) is 12.0 Å². The lowest BCUT2D eigenvalue weighted by atomic mass is 9.90. The Hall–Kier alpha value is -2.13. The first-order valence-electron chi connectivity index (χ1n) is 8.11. The summed E-state index contributed by atoms with van der Waals surface area (Å²) in [6, 6.07) is 13.8. The molecule has 0 saturated heterocycles. The molecule has 1 saturated carbocycles. The number of aromatic carboxylic acids is 1. The monoisotopic (exact) mass is 309 g/mol. The van der Waals surface area contributed by atoms with Gasteiger partial charge in [0.15, 0.2) is 0 Å². The predicted octanol–water partition coefficient (Wildman–Crippen LogP) is 3.82. The SMILES string of the molecule is Cc1ccc(C2(CNCc3ccc(C(=O)O)cc3)CC2)c(C)c1. The van der Waals surface area contributed by atoms with Crippen LogP contribution in [0.5, 0.6) is 0 Å². The van der Waals surface area contributed by atoms with Crippen LogP contribution in [0.1, 0.15) is 45.5 Å². The maximum Gasteiger partial charge on any atom is 0.335 e. The van der Waals surface area contributed by atoms with Gasteiger partial charge in [0.25, 0.3) is 0 Å². The Morgan fingerprint density at radius 1 is 1.13 bits per heavy atom. The molecule has 0 radical (unpaired) electrons. The lowest BCUT2D eigenvalue weighted by molar-refractivity contribution is 0.0697. The quantitative estimate of drug-likeness (QED) is 0.853. The molecule has 0 unspecified atom stereocenters. The second-order valence-electron chi connectivity index (χ2n) is 6.70. The minimum Gasteiger partial charge on any atom is -0.478 e. The van der Waals surface area contributed by atoms with E-state index in [0.717, 1.165) is 18.7 Å². The van der Waals surface area contributed by atoms with E-state index in [0.29, 0.717) is 11.0 Å². The van der Waals surface area contributed by atoms with Crippen LogP contribution in [0.15, 0.2) is 42.5 Å². The number of hydrogen-bond donors (Lipinski definition) is 2. The van der Waals surface area contributed by atoms with Crippen LogP contribution in [0.2, 0.25) is 0 Å². The molecule has 0 amide bonds. The van der Waals surface area contributed by atoms with Gasteiger partial charge in [-0.2, -0.15) is 0 Å². The highest BCUT2D eigenvalue weighted by atomic mass is 16.4. The lowest BCUT2D eigenvalue weighted by Gasteiger charge is -2.19. The average Bonchev–Trinajstić information content (AvgIpc) is 3.28. The molecule has 1 aliphatic carbocycles. The molecule has 1 aliphatic rings. The summed E-state index contributed by atoms with van der Waals surface area (Å²) in [6.45, 7) is 6.08. The van der Waals surface area contributed by atoms with Gasteiger partial charge in [-0.25, -0.2) is 4.79 Å². The predicted molar refractivity (Wildman–Crippen MR) is 91.9 cm³/mol. The van der Waals surface area contributed by atoms with Crippen LogP contribution in [0.3, 0.4) is 0 Å². The minimum absolute atomic E-state index is 0.290. The summed E-state index contributed by atoms with van der Waals surface area (Å²) in [5.41, 5.74) is 5.91. The molecule has 0 aliphatic heterocycles. The number of benzene rings is 2. The van der Waals surface area contributed by atoms with E-state index in [1.54, 1.807) is 12.1 Å². The fraction of sp³-hybridized carbons (Fsp3) is 0.350. The summed E-state index contributed by atoms with van der Waals surface area (Å²) in [4.78, 5) is 10.9. The molecule has 0 atom stereocenters. The third-order valence-electron chi connectivity index (χ3n) is 4.80. The highest BCUT2D eigenvalue weighted by molar-refractivity contribution is 5.87. The number of carboxylic acid groups (broad SMARTS) is 1. The fourth-order valence-electron chi connectivity index (χ4n) is 3.31. The molecule has 0 bridgehead atoms. The normalized spacial score (nSPS) is 15.4. The first kappa shape index (κ1) is 15.8. The fourth-order valence-corrected chi connectivity index (χ4v) is 3.31. The number of aryl methyl sites for hydroxylation is 2. The van der Waals surface area contributed by atoms with Crippen molar-refractivity contribution in [3.8, 4) is 0 Å². The number of carboxylic acids is 1. The molecule has 120 valence electrons. The molecule has 23 heavy (non-hydrogen) atoms. The molecular formula is C20H23NO2. The van der Waals surface area contributed by atoms with Crippen molar-refractivity contribution in [1.29, 1.82) is 0 Å². The van der Waals surface area contributed by atoms with Gasteiger partial charge in [-0.05, 0) is 55.5 Å². The second kappa shape index (κ2) is 6.17. The lowest BCUT2D eigenvalue weighted by Crippen LogP contribution is -2.27. The standard InChI is InChI=1S/C20H23NO2/c1-14-3-8-18(15(2)11-14)20(9-10-20)13-21-12-16-4-6-17(7-5-16)19(22)23/h3-8,11,21H,9-10,12-13H2,1-2H3,(H,22,23). The molecule has 2 N–H and O–H groups in total. The molecule has 0 heterocycles. The Labute approximate surface area is 137 Å². The summed E-state index contributed by atoms with van der Waals surface area (Å²) in [7, 11) is 0. The van der Waals surface area contributed by atoms with Crippen LogP contribution in [0.4, 0.5) is 0 Å². The van der Waals surface area contributed by atoms with Gasteiger partial charge in [0, 0.05) is 18.5 Å². The van der Waals surface area contributed by atoms with Crippen molar-refractivity contribution in [2.24, 2.45) is 0 Å². The maximum absolute atomic E-state index is 10.9. The molecule has 3 heteroatoms. The summed E-state index contributed by atoms with van der Waals surface area (Å²) >= 11 is 0. The summed E-state index contributed by atoms with van der Waals surface area (Å²) in [6.07, 6.45) is 2.48. The molecular weight excluding hydrogens is 286 g/mol. The van der Waals surface area contributed by atoms with E-state index < -0.39 is 5.97 Å². The molecule has 2 aromatic rings. The molecule has 0 aromatic heterocycles. The Balaban J connectivity index is 1.61. The smallest absolute Gasteiger partial charge is 0.335 e. The van der Waals surface area contributed by atoms with Crippen molar-refractivity contribution < 1.29 is 9.90 Å². The Morgan fingerprint density at radius 3 is 2.39 bits per heavy atom. The topological polar surface area (TPSA) is 49.3 Å². The zero-order valence-electron chi connectivity index (χ0n) is 13.7. The highest BCUT2D eigenvalue weighted by Gasteiger charge is 2.44. The highest BCUT2D eigenvalue weighted by Crippen LogP contribution is 2.48. The first-order chi connectivity index (χ1) is 11.0. The summed E-state index contributed by atoms with van der Waals surface area (Å²) in [5.74, 6) is -0.878. The second-order valence-corrected chi connectivity index (χ2v) is 6.70. The van der Waals surface area contributed by atoms with Gasteiger partial charge in [-0.1, -0.05) is 35.9 Å². The molecule has 1 fully saturated rings. The summed E-state index contributed by atoms with van der Waals surface area (Å²) < 4.78 is 0. The van der Waals surface area contributed by atoms with Gasteiger partial charge in [-0.3, -0.25) is 0 Å².